The Hall–Kier alpha value is -12.6. The van der Waals surface area contributed by atoms with Crippen LogP contribution in [-0.4, -0.2) is 79.7 Å². The van der Waals surface area contributed by atoms with Gasteiger partial charge in [-0.1, -0.05) is 263 Å². The summed E-state index contributed by atoms with van der Waals surface area (Å²) in [5, 5.41) is 16.2. The first-order valence-corrected chi connectivity index (χ1v) is 42.2. The van der Waals surface area contributed by atoms with Crippen molar-refractivity contribution in [3.8, 4) is 46.1 Å². The van der Waals surface area contributed by atoms with Crippen LogP contribution in [0.25, 0.3) is 221 Å². The maximum Gasteiger partial charge on any atom is 0.184 e. The molecule has 120 heavy (non-hydrogen) atoms. The van der Waals surface area contributed by atoms with Crippen LogP contribution in [-0.2, 0) is 43.3 Å². The fourth-order valence-electron chi connectivity index (χ4n) is 18.0. The molecule has 9 heterocycles. The van der Waals surface area contributed by atoms with Crippen LogP contribution < -0.4 is 0 Å². The summed E-state index contributed by atoms with van der Waals surface area (Å²) in [4.78, 5) is 89.2. The molecule has 0 radical (unpaired) electrons. The lowest BCUT2D eigenvalue weighted by Crippen LogP contribution is -2.11. The number of hydrogen-bond acceptors (Lipinski definition) is 14. The molecule has 594 valence electrons. The Morgan fingerprint density at radius 1 is 0.150 bits per heavy atom. The summed E-state index contributed by atoms with van der Waals surface area (Å²) in [5.74, 6) is 0.991. The van der Waals surface area contributed by atoms with Gasteiger partial charge in [-0.15, -0.1) is 0 Å². The molecule has 0 atom stereocenters. The van der Waals surface area contributed by atoms with Crippen molar-refractivity contribution in [3.05, 3.63) is 190 Å². The van der Waals surface area contributed by atoms with Crippen molar-refractivity contribution in [1.29, 1.82) is 0 Å². The molecule has 0 saturated heterocycles. The number of H-pyrrole nitrogens is 2. The standard InChI is InChI=1S/C104H98N16/c1-97(2,3)49-25-33-57-58-34-26-50(98(4,5)6)42-66(58)74-73(65(57)41-49)105-81-82(106-74)90-113-89(81)117-91-83-84(108-76-68-44-52(100(10,11)12)28-36-60(68)59-35-27-51(99(7,8)9)43-67(59)75(76)107-83)93(114-91)119-95-87-88(112-80-72-48-56(104(22,23)24)32-40-64(72)63-39-31-55(103(19,20)21)47-71(63)79(80)111-87)96(116-95)120-94-86-85(92(115-94)118-90)109-77-69-45-53(101(13,14)15)29-37-61(69)62-38-30-54(102(16,17)18)46-70(62)78(77)110-86/h25-48H,1-24H3,(H2,113,114,115,116,117,118,119,120). The molecule has 2 aliphatic rings. The number of benzene rings is 12. The van der Waals surface area contributed by atoms with Crippen molar-refractivity contribution >= 4 is 175 Å². The minimum atomic E-state index is -0.202. The van der Waals surface area contributed by atoms with E-state index in [1.807, 2.05) is 0 Å². The topological polar surface area (TPSA) is 212 Å². The normalized spacial score (nSPS) is 13.7. The molecule has 21 rings (SSSR count). The van der Waals surface area contributed by atoms with E-state index in [1.54, 1.807) is 0 Å². The van der Waals surface area contributed by atoms with Crippen molar-refractivity contribution < 1.29 is 0 Å². The van der Waals surface area contributed by atoms with Crippen LogP contribution in [0.2, 0.25) is 0 Å². The van der Waals surface area contributed by atoms with Gasteiger partial charge in [0.15, 0.2) is 45.9 Å². The number of aromatic nitrogens is 16. The van der Waals surface area contributed by atoms with Crippen molar-refractivity contribution in [3.63, 3.8) is 0 Å². The Balaban J connectivity index is 0.983. The van der Waals surface area contributed by atoms with Gasteiger partial charge in [0.05, 0.1) is 44.1 Å². The molecule has 0 unspecified atom stereocenters. The third-order valence-corrected chi connectivity index (χ3v) is 25.4. The largest absolute Gasteiger partial charge is 0.321 e. The van der Waals surface area contributed by atoms with E-state index < -0.39 is 0 Å². The highest BCUT2D eigenvalue weighted by atomic mass is 15.1. The van der Waals surface area contributed by atoms with Crippen molar-refractivity contribution in [1.82, 2.24) is 79.7 Å². The minimum Gasteiger partial charge on any atom is -0.321 e. The summed E-state index contributed by atoms with van der Waals surface area (Å²) in [6.45, 7) is 54.0. The molecule has 0 aliphatic carbocycles. The quantitative estimate of drug-likeness (QED) is 0.135. The lowest BCUT2D eigenvalue weighted by Gasteiger charge is -2.22. The molecule has 0 spiro atoms. The van der Waals surface area contributed by atoms with Crippen LogP contribution in [0.1, 0.15) is 211 Å². The number of fused-ring (bicyclic) bond motifs is 44. The Kier molecular flexibility index (Phi) is 15.3. The monoisotopic (exact) mass is 1570 g/mol. The van der Waals surface area contributed by atoms with Crippen LogP contribution >= 0.6 is 0 Å². The Morgan fingerprint density at radius 3 is 0.433 bits per heavy atom. The van der Waals surface area contributed by atoms with Gasteiger partial charge in [0.2, 0.25) is 0 Å². The zero-order valence-corrected chi connectivity index (χ0v) is 73.1. The van der Waals surface area contributed by atoms with E-state index in [0.717, 1.165) is 131 Å². The van der Waals surface area contributed by atoms with Crippen molar-refractivity contribution in [2.24, 2.45) is 0 Å². The highest BCUT2D eigenvalue weighted by molar-refractivity contribution is 6.29. The van der Waals surface area contributed by atoms with E-state index >= 15 is 0 Å². The number of aromatic amines is 2. The molecule has 16 nitrogen and oxygen atoms in total. The number of nitrogens with one attached hydrogen (secondary N) is 2. The third kappa shape index (κ3) is 11.6. The predicted octanol–water partition coefficient (Wildman–Crippen LogP) is 26.2. The average Bonchev–Trinajstić information content (AvgIpc) is 1.44. The second kappa shape index (κ2) is 24.6. The second-order valence-corrected chi connectivity index (χ2v) is 42.2. The predicted molar refractivity (Wildman–Crippen MR) is 498 cm³/mol. The van der Waals surface area contributed by atoms with E-state index in [4.69, 9.17) is 69.8 Å². The maximum atomic E-state index is 5.91. The molecule has 7 aromatic heterocycles. The molecular weight excluding hydrogens is 1470 g/mol. The molecular formula is C104H98N16. The first-order valence-electron chi connectivity index (χ1n) is 42.2. The van der Waals surface area contributed by atoms with E-state index in [2.05, 4.69) is 322 Å². The molecule has 12 aromatic carbocycles. The van der Waals surface area contributed by atoms with Crippen LogP contribution in [0.4, 0.5) is 0 Å². The van der Waals surface area contributed by atoms with Crippen LogP contribution in [0.5, 0.6) is 0 Å². The highest BCUT2D eigenvalue weighted by Gasteiger charge is 2.34. The van der Waals surface area contributed by atoms with Gasteiger partial charge in [0.1, 0.15) is 44.8 Å². The molecule has 0 amide bonds. The molecule has 0 fully saturated rings. The number of hydrogen-bond donors (Lipinski definition) is 2. The summed E-state index contributed by atoms with van der Waals surface area (Å²) in [6, 6.07) is 54.4. The smallest absolute Gasteiger partial charge is 0.184 e. The Bertz CT molecular complexity index is 7170. The molecule has 19 aromatic rings. The SMILES string of the molecule is CC(C)(C)c1ccc2c3ccc(C(C)(C)C)cc3c3nc4c(nc3c2c1)-c1nc-4nc2[nH]c(nc3nc(nc4[nH]c(n1)c1nc5c6cc(C(C)(C)C)ccc6c6ccc(C(C)(C)C)cc6c5nc41)-c1nc4c5cc(C(C)(C)C)ccc5c5ccc(C(C)(C)C)cc5c4nc1-3)c1nc3c4cc(C(C)(C)C)ccc4c4ccc(C(C)(C)C)cc4c3nc21. The summed E-state index contributed by atoms with van der Waals surface area (Å²) >= 11 is 0. The molecule has 0 saturated carbocycles. The van der Waals surface area contributed by atoms with Gasteiger partial charge in [0, 0.05) is 43.1 Å². The number of nitrogens with zero attached hydrogens (tertiary/aromatic N) is 14. The van der Waals surface area contributed by atoms with E-state index in [9.17, 15) is 0 Å². The fraction of sp³-hybridized carbons (Fsp3) is 0.308. The van der Waals surface area contributed by atoms with Gasteiger partial charge >= 0.3 is 0 Å². The lowest BCUT2D eigenvalue weighted by molar-refractivity contribution is 0.591. The van der Waals surface area contributed by atoms with Gasteiger partial charge in [-0.2, -0.15) is 0 Å². The Morgan fingerprint density at radius 2 is 0.292 bits per heavy atom. The van der Waals surface area contributed by atoms with Gasteiger partial charge in [0.25, 0.3) is 0 Å². The second-order valence-electron chi connectivity index (χ2n) is 42.2. The first kappa shape index (κ1) is 74.9. The third-order valence-electron chi connectivity index (χ3n) is 25.4. The van der Waals surface area contributed by atoms with E-state index in [0.29, 0.717) is 112 Å². The summed E-state index contributed by atoms with van der Waals surface area (Å²) < 4.78 is 0. The summed E-state index contributed by atoms with van der Waals surface area (Å²) in [5.41, 5.74) is 18.2. The van der Waals surface area contributed by atoms with Crippen molar-refractivity contribution in [2.75, 3.05) is 0 Å². The van der Waals surface area contributed by atoms with E-state index in [1.165, 1.54) is 0 Å². The molecule has 2 N–H and O–H groups in total. The van der Waals surface area contributed by atoms with Crippen LogP contribution in [0.3, 0.4) is 0 Å². The maximum absolute atomic E-state index is 5.91. The summed E-state index contributed by atoms with van der Waals surface area (Å²) in [7, 11) is 0. The van der Waals surface area contributed by atoms with E-state index in [-0.39, 0.29) is 66.6 Å². The van der Waals surface area contributed by atoms with Crippen LogP contribution in [0.15, 0.2) is 146 Å². The average molecular weight is 1570 g/mol. The van der Waals surface area contributed by atoms with Gasteiger partial charge in [-0.3, -0.25) is 0 Å². The van der Waals surface area contributed by atoms with Gasteiger partial charge in [-0.25, -0.2) is 69.8 Å². The lowest BCUT2D eigenvalue weighted by atomic mass is 9.83. The van der Waals surface area contributed by atoms with Gasteiger partial charge in [-0.05, 0) is 179 Å². The zero-order chi connectivity index (χ0) is 84.0. The van der Waals surface area contributed by atoms with Gasteiger partial charge < -0.3 is 9.97 Å². The summed E-state index contributed by atoms with van der Waals surface area (Å²) in [6.07, 6.45) is 0. The number of rotatable bonds is 0. The Labute approximate surface area is 696 Å². The molecule has 16 heteroatoms. The molecule has 2 aliphatic heterocycles. The fourth-order valence-corrected chi connectivity index (χ4v) is 18.0. The van der Waals surface area contributed by atoms with Crippen LogP contribution in [0, 0.1) is 0 Å². The van der Waals surface area contributed by atoms with Crippen molar-refractivity contribution in [2.45, 2.75) is 209 Å². The minimum absolute atomic E-state index is 0.201. The first-order chi connectivity index (χ1) is 56.4. The zero-order valence-electron chi connectivity index (χ0n) is 73.1. The molecule has 8 bridgehead atoms. The highest BCUT2D eigenvalue weighted by Crippen LogP contribution is 2.48.